The van der Waals surface area contributed by atoms with Gasteiger partial charge in [-0.2, -0.15) is 0 Å². The molecule has 1 amide bonds. The van der Waals surface area contributed by atoms with Gasteiger partial charge < -0.3 is 10.1 Å². The van der Waals surface area contributed by atoms with Gasteiger partial charge in [-0.25, -0.2) is 4.98 Å². The molecule has 3 rings (SSSR count). The number of nitro groups is 1. The third-order valence-electron chi connectivity index (χ3n) is 3.45. The first-order chi connectivity index (χ1) is 12.0. The van der Waals surface area contributed by atoms with Gasteiger partial charge in [0.25, 0.3) is 5.69 Å². The number of hydrogen-bond acceptors (Lipinski definition) is 6. The summed E-state index contributed by atoms with van der Waals surface area (Å²) in [6.07, 6.45) is 0.184. The van der Waals surface area contributed by atoms with Crippen molar-refractivity contribution in [2.75, 3.05) is 11.9 Å². The maximum atomic E-state index is 12.0. The van der Waals surface area contributed by atoms with Crippen LogP contribution in [0.4, 0.5) is 10.8 Å². The number of benzene rings is 2. The summed E-state index contributed by atoms with van der Waals surface area (Å²) in [5.41, 5.74) is 1.75. The smallest absolute Gasteiger partial charge is 0.270 e. The number of anilines is 1. The second-order valence-corrected chi connectivity index (χ2v) is 6.42. The zero-order chi connectivity index (χ0) is 17.8. The van der Waals surface area contributed by atoms with E-state index in [-0.39, 0.29) is 24.6 Å². The molecule has 25 heavy (non-hydrogen) atoms. The van der Waals surface area contributed by atoms with Crippen LogP contribution in [0.15, 0.2) is 42.5 Å². The number of nitrogens with one attached hydrogen (secondary N) is 1. The van der Waals surface area contributed by atoms with E-state index in [1.54, 1.807) is 6.07 Å². The van der Waals surface area contributed by atoms with Crippen molar-refractivity contribution in [1.82, 2.24) is 4.98 Å². The lowest BCUT2D eigenvalue weighted by Gasteiger charge is -2.06. The molecular formula is C17H15N3O4S. The Morgan fingerprint density at radius 2 is 2.04 bits per heavy atom. The van der Waals surface area contributed by atoms with Gasteiger partial charge in [0.05, 0.1) is 28.2 Å². The predicted molar refractivity (Wildman–Crippen MR) is 96.2 cm³/mol. The van der Waals surface area contributed by atoms with Crippen molar-refractivity contribution < 1.29 is 14.5 Å². The van der Waals surface area contributed by atoms with Gasteiger partial charge in [-0.3, -0.25) is 14.9 Å². The molecule has 1 aromatic heterocycles. The van der Waals surface area contributed by atoms with Crippen molar-refractivity contribution in [1.29, 1.82) is 0 Å². The van der Waals surface area contributed by atoms with Crippen LogP contribution in [0.2, 0.25) is 0 Å². The lowest BCUT2D eigenvalue weighted by molar-refractivity contribution is -0.384. The fourth-order valence-corrected chi connectivity index (χ4v) is 3.07. The van der Waals surface area contributed by atoms with E-state index < -0.39 is 4.92 Å². The Balaban J connectivity index is 1.56. The first-order valence-electron chi connectivity index (χ1n) is 7.55. The van der Waals surface area contributed by atoms with E-state index in [0.29, 0.717) is 21.1 Å². The summed E-state index contributed by atoms with van der Waals surface area (Å²) in [5.74, 6) is 0.492. The summed E-state index contributed by atoms with van der Waals surface area (Å²) in [6.45, 7) is 2.25. The highest BCUT2D eigenvalue weighted by molar-refractivity contribution is 7.22. The van der Waals surface area contributed by atoms with E-state index in [9.17, 15) is 14.9 Å². The van der Waals surface area contributed by atoms with Crippen LogP contribution in [0.3, 0.4) is 0 Å². The van der Waals surface area contributed by atoms with Crippen LogP contribution >= 0.6 is 11.3 Å². The summed E-state index contributed by atoms with van der Waals surface area (Å²) in [5, 5.41) is 13.9. The normalized spacial score (nSPS) is 10.6. The van der Waals surface area contributed by atoms with E-state index in [2.05, 4.69) is 10.3 Å². The Morgan fingerprint density at radius 1 is 1.28 bits per heavy atom. The largest absolute Gasteiger partial charge is 0.493 e. The minimum Gasteiger partial charge on any atom is -0.493 e. The number of aromatic nitrogens is 1. The van der Waals surface area contributed by atoms with Crippen LogP contribution in [0.5, 0.6) is 5.75 Å². The second kappa shape index (κ2) is 7.27. The van der Waals surface area contributed by atoms with Crippen LogP contribution in [0.25, 0.3) is 10.2 Å². The number of aryl methyl sites for hydroxylation is 1. The van der Waals surface area contributed by atoms with Crippen molar-refractivity contribution in [3.8, 4) is 5.75 Å². The standard InChI is InChI=1S/C17H15N3O4S/c1-11-2-5-13(6-3-11)24-9-8-16(21)19-17-18-14-7-4-12(20(22)23)10-15(14)25-17/h2-7,10H,8-9H2,1H3,(H,18,19,21). The summed E-state index contributed by atoms with van der Waals surface area (Å²) >= 11 is 1.20. The molecule has 0 spiro atoms. The zero-order valence-electron chi connectivity index (χ0n) is 13.4. The molecule has 3 aromatic rings. The van der Waals surface area contributed by atoms with Gasteiger partial charge >= 0.3 is 0 Å². The summed E-state index contributed by atoms with van der Waals surface area (Å²) in [4.78, 5) is 26.6. The molecule has 0 aliphatic carbocycles. The van der Waals surface area contributed by atoms with Crippen molar-refractivity contribution in [2.45, 2.75) is 13.3 Å². The van der Waals surface area contributed by atoms with Gasteiger partial charge in [0.15, 0.2) is 5.13 Å². The van der Waals surface area contributed by atoms with Gasteiger partial charge in [0.1, 0.15) is 5.75 Å². The molecule has 1 heterocycles. The quantitative estimate of drug-likeness (QED) is 0.533. The molecule has 128 valence electrons. The van der Waals surface area contributed by atoms with Crippen molar-refractivity contribution >= 4 is 38.3 Å². The molecule has 0 bridgehead atoms. The monoisotopic (exact) mass is 357 g/mol. The second-order valence-electron chi connectivity index (χ2n) is 5.39. The molecule has 0 aliphatic rings. The molecule has 0 fully saturated rings. The molecule has 8 heteroatoms. The SMILES string of the molecule is Cc1ccc(OCCC(=O)Nc2nc3ccc([N+](=O)[O-])cc3s2)cc1. The molecule has 0 saturated heterocycles. The van der Waals surface area contributed by atoms with Crippen molar-refractivity contribution in [3.63, 3.8) is 0 Å². The highest BCUT2D eigenvalue weighted by Crippen LogP contribution is 2.29. The fourth-order valence-electron chi connectivity index (χ4n) is 2.16. The van der Waals surface area contributed by atoms with Crippen LogP contribution in [0.1, 0.15) is 12.0 Å². The van der Waals surface area contributed by atoms with Gasteiger partial charge in [-0.15, -0.1) is 0 Å². The zero-order valence-corrected chi connectivity index (χ0v) is 14.2. The molecular weight excluding hydrogens is 342 g/mol. The minimum atomic E-state index is -0.459. The number of carbonyl (C=O) groups excluding carboxylic acids is 1. The topological polar surface area (TPSA) is 94.4 Å². The van der Waals surface area contributed by atoms with E-state index in [0.717, 1.165) is 5.56 Å². The number of thiazole rings is 1. The number of rotatable bonds is 6. The Morgan fingerprint density at radius 3 is 2.76 bits per heavy atom. The Bertz CT molecular complexity index is 921. The van der Waals surface area contributed by atoms with E-state index in [4.69, 9.17) is 4.74 Å². The third kappa shape index (κ3) is 4.30. The maximum Gasteiger partial charge on any atom is 0.270 e. The molecule has 1 N–H and O–H groups in total. The van der Waals surface area contributed by atoms with Crippen LogP contribution < -0.4 is 10.1 Å². The number of carbonyl (C=O) groups is 1. The highest BCUT2D eigenvalue weighted by Gasteiger charge is 2.12. The predicted octanol–water partition coefficient (Wildman–Crippen LogP) is 3.92. The highest BCUT2D eigenvalue weighted by atomic mass is 32.1. The van der Waals surface area contributed by atoms with Crippen molar-refractivity contribution in [3.05, 3.63) is 58.1 Å². The number of non-ortho nitro benzene ring substituents is 1. The van der Waals surface area contributed by atoms with Gasteiger partial charge in [-0.1, -0.05) is 29.0 Å². The lowest BCUT2D eigenvalue weighted by atomic mass is 10.2. The number of ether oxygens (including phenoxy) is 1. The number of nitrogens with zero attached hydrogens (tertiary/aromatic N) is 2. The summed E-state index contributed by atoms with van der Waals surface area (Å²) in [6, 6.07) is 12.0. The Kier molecular flexibility index (Phi) is 4.90. The van der Waals surface area contributed by atoms with E-state index in [1.165, 1.54) is 23.5 Å². The van der Waals surface area contributed by atoms with Crippen LogP contribution in [-0.4, -0.2) is 22.4 Å². The average Bonchev–Trinajstić information content (AvgIpc) is 2.97. The molecule has 2 aromatic carbocycles. The number of hydrogen-bond donors (Lipinski definition) is 1. The molecule has 0 aliphatic heterocycles. The first kappa shape index (κ1) is 16.8. The molecule has 0 unspecified atom stereocenters. The van der Waals surface area contributed by atoms with Gasteiger partial charge in [-0.05, 0) is 25.1 Å². The molecule has 0 saturated carbocycles. The van der Waals surface area contributed by atoms with E-state index >= 15 is 0 Å². The molecule has 7 nitrogen and oxygen atoms in total. The van der Waals surface area contributed by atoms with Crippen LogP contribution in [-0.2, 0) is 4.79 Å². The number of amides is 1. The number of nitro benzene ring substituents is 1. The fraction of sp³-hybridized carbons (Fsp3) is 0.176. The Hall–Kier alpha value is -3.00. The first-order valence-corrected chi connectivity index (χ1v) is 8.37. The number of fused-ring (bicyclic) bond motifs is 1. The van der Waals surface area contributed by atoms with E-state index in [1.807, 2.05) is 31.2 Å². The summed E-state index contributed by atoms with van der Waals surface area (Å²) in [7, 11) is 0. The Labute approximate surface area is 147 Å². The molecule has 0 radical (unpaired) electrons. The lowest BCUT2D eigenvalue weighted by Crippen LogP contribution is -2.15. The third-order valence-corrected chi connectivity index (χ3v) is 4.38. The van der Waals surface area contributed by atoms with Crippen molar-refractivity contribution in [2.24, 2.45) is 0 Å². The van der Waals surface area contributed by atoms with Crippen LogP contribution in [0, 0.1) is 17.0 Å². The molecule has 0 atom stereocenters. The van der Waals surface area contributed by atoms with Gasteiger partial charge in [0, 0.05) is 12.1 Å². The maximum absolute atomic E-state index is 12.0. The minimum absolute atomic E-state index is 0.000486. The summed E-state index contributed by atoms with van der Waals surface area (Å²) < 4.78 is 6.17. The average molecular weight is 357 g/mol. The van der Waals surface area contributed by atoms with Gasteiger partial charge in [0.2, 0.25) is 5.91 Å².